The third kappa shape index (κ3) is 1.48. The quantitative estimate of drug-likeness (QED) is 0.579. The fraction of sp³-hybridized carbons (Fsp3) is 0.700. The Morgan fingerprint density at radius 1 is 1.46 bits per heavy atom. The van der Waals surface area contributed by atoms with Gasteiger partial charge in [-0.3, -0.25) is 4.79 Å². The molecule has 1 heterocycles. The number of hydrogen-bond donors (Lipinski definition) is 2. The lowest BCUT2D eigenvalue weighted by atomic mass is 9.89. The molecule has 2 rings (SSSR count). The zero-order valence-corrected chi connectivity index (χ0v) is 7.62. The van der Waals surface area contributed by atoms with Crippen LogP contribution in [0.15, 0.2) is 12.2 Å². The van der Waals surface area contributed by atoms with Gasteiger partial charge in [-0.25, -0.2) is 0 Å². The summed E-state index contributed by atoms with van der Waals surface area (Å²) in [5.41, 5.74) is -0.437. The monoisotopic (exact) mass is 181 g/mol. The number of hydrogen-bond acceptors (Lipinski definition) is 2. The van der Waals surface area contributed by atoms with Crippen molar-refractivity contribution in [3.63, 3.8) is 0 Å². The maximum absolute atomic E-state index is 11.1. The Bertz CT molecular complexity index is 249. The average molecular weight is 181 g/mol. The van der Waals surface area contributed by atoms with Gasteiger partial charge in [-0.2, -0.15) is 0 Å². The van der Waals surface area contributed by atoms with Crippen LogP contribution in [0.3, 0.4) is 0 Å². The minimum absolute atomic E-state index is 0.0686. The number of carbonyl (C=O) groups excluding carboxylic acids is 1. The first-order valence-corrected chi connectivity index (χ1v) is 4.92. The summed E-state index contributed by atoms with van der Waals surface area (Å²) in [5, 5.41) is 12.8. The highest BCUT2D eigenvalue weighted by atomic mass is 16.3. The van der Waals surface area contributed by atoms with Crippen LogP contribution >= 0.6 is 0 Å². The first kappa shape index (κ1) is 8.75. The van der Waals surface area contributed by atoms with Gasteiger partial charge in [0, 0.05) is 6.08 Å². The molecule has 1 fully saturated rings. The van der Waals surface area contributed by atoms with E-state index in [2.05, 4.69) is 5.32 Å². The van der Waals surface area contributed by atoms with Crippen molar-refractivity contribution in [3.05, 3.63) is 12.2 Å². The van der Waals surface area contributed by atoms with E-state index in [1.54, 1.807) is 0 Å². The van der Waals surface area contributed by atoms with Gasteiger partial charge in [0.25, 0.3) is 0 Å². The van der Waals surface area contributed by atoms with E-state index in [1.165, 1.54) is 6.08 Å². The predicted octanol–water partition coefficient (Wildman–Crippen LogP) is 0.736. The molecule has 0 radical (unpaired) electrons. The molecular weight excluding hydrogens is 166 g/mol. The van der Waals surface area contributed by atoms with E-state index in [1.807, 2.05) is 6.08 Å². The van der Waals surface area contributed by atoms with Gasteiger partial charge in [-0.15, -0.1) is 0 Å². The first-order valence-electron chi connectivity index (χ1n) is 4.92. The first-order chi connectivity index (χ1) is 6.23. The van der Waals surface area contributed by atoms with E-state index >= 15 is 0 Å². The van der Waals surface area contributed by atoms with Crippen LogP contribution in [-0.4, -0.2) is 22.7 Å². The van der Waals surface area contributed by atoms with Crippen molar-refractivity contribution in [2.24, 2.45) is 0 Å². The second-order valence-corrected chi connectivity index (χ2v) is 3.98. The lowest BCUT2D eigenvalue weighted by Crippen LogP contribution is -2.51. The van der Waals surface area contributed by atoms with Gasteiger partial charge in [-0.1, -0.05) is 25.3 Å². The molecule has 2 atom stereocenters. The van der Waals surface area contributed by atoms with Crippen LogP contribution in [0.2, 0.25) is 0 Å². The second-order valence-electron chi connectivity index (χ2n) is 3.98. The molecular formula is C10H15NO2. The normalized spacial score (nSPS) is 39.2. The third-order valence-electron chi connectivity index (χ3n) is 3.05. The summed E-state index contributed by atoms with van der Waals surface area (Å²) < 4.78 is 0. The molecule has 1 aliphatic carbocycles. The minimum atomic E-state index is -0.437. The van der Waals surface area contributed by atoms with Gasteiger partial charge in [0.2, 0.25) is 5.91 Å². The van der Waals surface area contributed by atoms with Crippen molar-refractivity contribution in [3.8, 4) is 0 Å². The van der Waals surface area contributed by atoms with E-state index in [9.17, 15) is 9.90 Å². The molecule has 1 amide bonds. The highest BCUT2D eigenvalue weighted by molar-refractivity contribution is 5.91. The summed E-state index contributed by atoms with van der Waals surface area (Å²) in [6.45, 7) is 0. The molecule has 0 bridgehead atoms. The summed E-state index contributed by atoms with van der Waals surface area (Å²) in [4.78, 5) is 11.1. The standard InChI is InChI=1S/C10H15NO2/c12-8-4-2-1-3-6-10(8)7-5-9(13)11-10/h5,7-8,12H,1-4,6H2,(H,11,13). The van der Waals surface area contributed by atoms with Gasteiger partial charge in [0.05, 0.1) is 11.6 Å². The van der Waals surface area contributed by atoms with E-state index in [4.69, 9.17) is 0 Å². The van der Waals surface area contributed by atoms with Gasteiger partial charge < -0.3 is 10.4 Å². The van der Waals surface area contributed by atoms with Crippen LogP contribution < -0.4 is 5.32 Å². The van der Waals surface area contributed by atoms with E-state index < -0.39 is 11.6 Å². The number of carbonyl (C=O) groups is 1. The lowest BCUT2D eigenvalue weighted by molar-refractivity contribution is -0.118. The summed E-state index contributed by atoms with van der Waals surface area (Å²) in [6, 6.07) is 0. The second kappa shape index (κ2) is 3.14. The van der Waals surface area contributed by atoms with Gasteiger partial charge in [-0.05, 0) is 12.8 Å². The van der Waals surface area contributed by atoms with Crippen molar-refractivity contribution in [1.82, 2.24) is 5.32 Å². The van der Waals surface area contributed by atoms with E-state index in [-0.39, 0.29) is 5.91 Å². The van der Waals surface area contributed by atoms with Crippen LogP contribution in [0, 0.1) is 0 Å². The van der Waals surface area contributed by atoms with Crippen LogP contribution in [0.25, 0.3) is 0 Å². The highest BCUT2D eigenvalue weighted by Crippen LogP contribution is 2.30. The van der Waals surface area contributed by atoms with Crippen molar-refractivity contribution < 1.29 is 9.90 Å². The Morgan fingerprint density at radius 2 is 2.31 bits per heavy atom. The average Bonchev–Trinajstić information content (AvgIpc) is 2.38. The van der Waals surface area contributed by atoms with Crippen molar-refractivity contribution in [1.29, 1.82) is 0 Å². The zero-order chi connectivity index (χ0) is 9.31. The molecule has 2 N–H and O–H groups in total. The summed E-state index contributed by atoms with van der Waals surface area (Å²) in [5.74, 6) is -0.0686. The summed E-state index contributed by atoms with van der Waals surface area (Å²) in [7, 11) is 0. The molecule has 1 saturated carbocycles. The summed E-state index contributed by atoms with van der Waals surface area (Å²) in [6.07, 6.45) is 7.94. The maximum atomic E-state index is 11.1. The molecule has 1 aliphatic heterocycles. The lowest BCUT2D eigenvalue weighted by Gasteiger charge is -2.31. The maximum Gasteiger partial charge on any atom is 0.244 e. The molecule has 1 spiro atoms. The van der Waals surface area contributed by atoms with Crippen LogP contribution in [0.5, 0.6) is 0 Å². The third-order valence-corrected chi connectivity index (χ3v) is 3.05. The van der Waals surface area contributed by atoms with Crippen molar-refractivity contribution in [2.45, 2.75) is 43.7 Å². The van der Waals surface area contributed by atoms with Gasteiger partial charge in [0.1, 0.15) is 0 Å². The Labute approximate surface area is 77.8 Å². The number of aliphatic hydroxyl groups is 1. The van der Waals surface area contributed by atoms with Crippen LogP contribution in [0.4, 0.5) is 0 Å². The Hall–Kier alpha value is -0.830. The molecule has 0 aromatic rings. The molecule has 72 valence electrons. The van der Waals surface area contributed by atoms with Crippen molar-refractivity contribution >= 4 is 5.91 Å². The smallest absolute Gasteiger partial charge is 0.244 e. The zero-order valence-electron chi connectivity index (χ0n) is 7.62. The Morgan fingerprint density at radius 3 is 3.00 bits per heavy atom. The fourth-order valence-corrected chi connectivity index (χ4v) is 2.23. The van der Waals surface area contributed by atoms with Crippen molar-refractivity contribution in [2.75, 3.05) is 0 Å². The Kier molecular flexibility index (Phi) is 2.12. The highest BCUT2D eigenvalue weighted by Gasteiger charge is 2.40. The van der Waals surface area contributed by atoms with E-state index in [0.717, 1.165) is 32.1 Å². The molecule has 3 nitrogen and oxygen atoms in total. The van der Waals surface area contributed by atoms with E-state index in [0.29, 0.717) is 0 Å². The molecule has 2 unspecified atom stereocenters. The number of nitrogens with one attached hydrogen (secondary N) is 1. The molecule has 0 aromatic carbocycles. The van der Waals surface area contributed by atoms with Crippen LogP contribution in [0.1, 0.15) is 32.1 Å². The topological polar surface area (TPSA) is 49.3 Å². The summed E-state index contributed by atoms with van der Waals surface area (Å²) >= 11 is 0. The van der Waals surface area contributed by atoms with Crippen LogP contribution in [-0.2, 0) is 4.79 Å². The number of aliphatic hydroxyl groups excluding tert-OH is 1. The molecule has 2 aliphatic rings. The largest absolute Gasteiger partial charge is 0.390 e. The number of amides is 1. The molecule has 3 heteroatoms. The molecule has 13 heavy (non-hydrogen) atoms. The SMILES string of the molecule is O=C1C=CC2(CCCCCC2O)N1. The number of rotatable bonds is 0. The predicted molar refractivity (Wildman–Crippen MR) is 49.1 cm³/mol. The Balaban J connectivity index is 2.18. The van der Waals surface area contributed by atoms with Gasteiger partial charge >= 0.3 is 0 Å². The fourth-order valence-electron chi connectivity index (χ4n) is 2.23. The van der Waals surface area contributed by atoms with Gasteiger partial charge in [0.15, 0.2) is 0 Å². The molecule has 0 aromatic heterocycles. The minimum Gasteiger partial charge on any atom is -0.390 e. The molecule has 0 saturated heterocycles.